The number of ether oxygens (including phenoxy) is 1. The first-order valence-corrected chi connectivity index (χ1v) is 7.29. The van der Waals surface area contributed by atoms with Gasteiger partial charge >= 0.3 is 0 Å². The predicted octanol–water partition coefficient (Wildman–Crippen LogP) is 3.16. The third-order valence-electron chi connectivity index (χ3n) is 4.13. The van der Waals surface area contributed by atoms with Crippen LogP contribution in [-0.2, 0) is 15.1 Å². The molecule has 0 bridgehead atoms. The summed E-state index contributed by atoms with van der Waals surface area (Å²) in [6, 6.07) is 6.50. The fraction of sp³-hybridized carbons (Fsp3) is 0.471. The summed E-state index contributed by atoms with van der Waals surface area (Å²) in [5, 5.41) is 2.91. The molecule has 0 saturated heterocycles. The molecule has 4 heteroatoms. The van der Waals surface area contributed by atoms with Crippen LogP contribution in [0.1, 0.15) is 31.7 Å². The second kappa shape index (κ2) is 6.85. The quantitative estimate of drug-likeness (QED) is 0.846. The van der Waals surface area contributed by atoms with E-state index < -0.39 is 5.60 Å². The molecule has 0 aromatic heterocycles. The number of hydrogen-bond donors (Lipinski definition) is 1. The zero-order valence-corrected chi connectivity index (χ0v) is 12.6. The molecule has 1 aromatic rings. The van der Waals surface area contributed by atoms with Gasteiger partial charge in [0.05, 0.1) is 6.54 Å². The largest absolute Gasteiger partial charge is 0.372 e. The summed E-state index contributed by atoms with van der Waals surface area (Å²) >= 11 is 0. The fourth-order valence-corrected chi connectivity index (χ4v) is 2.60. The average molecular weight is 291 g/mol. The van der Waals surface area contributed by atoms with Gasteiger partial charge in [-0.1, -0.05) is 30.4 Å². The molecule has 0 saturated carbocycles. The molecule has 0 aliphatic heterocycles. The van der Waals surface area contributed by atoms with E-state index in [2.05, 4.69) is 11.4 Å². The van der Waals surface area contributed by atoms with Crippen molar-refractivity contribution in [2.24, 2.45) is 5.92 Å². The van der Waals surface area contributed by atoms with E-state index in [0.29, 0.717) is 5.56 Å². The Bertz CT molecular complexity index is 529. The minimum Gasteiger partial charge on any atom is -0.372 e. The number of benzene rings is 1. The van der Waals surface area contributed by atoms with Crippen LogP contribution in [0, 0.1) is 11.7 Å². The van der Waals surface area contributed by atoms with Gasteiger partial charge in [0, 0.05) is 18.6 Å². The number of rotatable bonds is 5. The van der Waals surface area contributed by atoms with Crippen molar-refractivity contribution in [3.05, 3.63) is 47.8 Å². The highest BCUT2D eigenvalue weighted by molar-refractivity contribution is 5.79. The van der Waals surface area contributed by atoms with Crippen LogP contribution < -0.4 is 5.32 Å². The topological polar surface area (TPSA) is 38.3 Å². The molecule has 1 aliphatic carbocycles. The summed E-state index contributed by atoms with van der Waals surface area (Å²) < 4.78 is 19.4. The Labute approximate surface area is 125 Å². The van der Waals surface area contributed by atoms with Gasteiger partial charge in [-0.05, 0) is 32.3 Å². The van der Waals surface area contributed by atoms with Crippen molar-refractivity contribution < 1.29 is 13.9 Å². The van der Waals surface area contributed by atoms with Crippen molar-refractivity contribution in [1.82, 2.24) is 5.32 Å². The number of methoxy groups -OCH3 is 1. The Balaban J connectivity index is 2.03. The molecule has 1 N–H and O–H groups in total. The van der Waals surface area contributed by atoms with Gasteiger partial charge in [0.25, 0.3) is 0 Å². The van der Waals surface area contributed by atoms with E-state index in [1.54, 1.807) is 25.1 Å². The van der Waals surface area contributed by atoms with Crippen molar-refractivity contribution in [1.29, 1.82) is 0 Å². The molecule has 0 radical (unpaired) electrons. The van der Waals surface area contributed by atoms with Gasteiger partial charge in [-0.15, -0.1) is 0 Å². The van der Waals surface area contributed by atoms with Crippen molar-refractivity contribution in [3.8, 4) is 0 Å². The molecule has 1 aromatic carbocycles. The molecule has 114 valence electrons. The Morgan fingerprint density at radius 3 is 2.81 bits per heavy atom. The van der Waals surface area contributed by atoms with Gasteiger partial charge < -0.3 is 10.1 Å². The van der Waals surface area contributed by atoms with Crippen molar-refractivity contribution in [2.75, 3.05) is 13.7 Å². The van der Waals surface area contributed by atoms with Crippen LogP contribution in [0.5, 0.6) is 0 Å². The normalized spacial score (nSPS) is 20.8. The molecule has 0 unspecified atom stereocenters. The minimum atomic E-state index is -0.870. The van der Waals surface area contributed by atoms with Crippen molar-refractivity contribution >= 4 is 5.91 Å². The van der Waals surface area contributed by atoms with Crippen molar-refractivity contribution in [3.63, 3.8) is 0 Å². The average Bonchev–Trinajstić information content (AvgIpc) is 2.53. The summed E-state index contributed by atoms with van der Waals surface area (Å²) in [7, 11) is 1.53. The second-order valence-electron chi connectivity index (χ2n) is 5.61. The lowest BCUT2D eigenvalue weighted by atomic mass is 9.92. The molecular formula is C17H22FNO2. The van der Waals surface area contributed by atoms with E-state index in [-0.39, 0.29) is 24.2 Å². The fourth-order valence-electron chi connectivity index (χ4n) is 2.60. The molecule has 21 heavy (non-hydrogen) atoms. The van der Waals surface area contributed by atoms with E-state index >= 15 is 0 Å². The van der Waals surface area contributed by atoms with Crippen LogP contribution in [0.25, 0.3) is 0 Å². The van der Waals surface area contributed by atoms with Crippen LogP contribution >= 0.6 is 0 Å². The highest BCUT2D eigenvalue weighted by Crippen LogP contribution is 2.27. The first kappa shape index (κ1) is 15.7. The van der Waals surface area contributed by atoms with Crippen LogP contribution in [0.2, 0.25) is 0 Å². The molecule has 1 aliphatic rings. The second-order valence-corrected chi connectivity index (χ2v) is 5.61. The smallest absolute Gasteiger partial charge is 0.223 e. The van der Waals surface area contributed by atoms with Gasteiger partial charge in [-0.2, -0.15) is 0 Å². The predicted molar refractivity (Wildman–Crippen MR) is 80.3 cm³/mol. The van der Waals surface area contributed by atoms with Gasteiger partial charge in [-0.3, -0.25) is 4.79 Å². The molecule has 3 nitrogen and oxygen atoms in total. The third kappa shape index (κ3) is 3.70. The number of hydrogen-bond acceptors (Lipinski definition) is 2. The highest BCUT2D eigenvalue weighted by atomic mass is 19.1. The molecule has 2 rings (SSSR count). The van der Waals surface area contributed by atoms with Gasteiger partial charge in [0.2, 0.25) is 5.91 Å². The number of carbonyl (C=O) groups is 1. The standard InChI is InChI=1S/C17H22FNO2/c1-17(21-2,14-10-6-7-11-15(14)18)12-19-16(20)13-8-4-3-5-9-13/h3-4,6-7,10-11,13H,5,8-9,12H2,1-2H3,(H,19,20)/t13-,17-/m0/s1. The summed E-state index contributed by atoms with van der Waals surface area (Å²) in [6.07, 6.45) is 6.72. The van der Waals surface area contributed by atoms with Crippen LogP contribution in [0.4, 0.5) is 4.39 Å². The summed E-state index contributed by atoms with van der Waals surface area (Å²) in [5.41, 5.74) is -0.415. The molecule has 0 heterocycles. The van der Waals surface area contributed by atoms with Gasteiger partial charge in [0.1, 0.15) is 11.4 Å². The Hall–Kier alpha value is -1.68. The lowest BCUT2D eigenvalue weighted by Crippen LogP contribution is -2.43. The lowest BCUT2D eigenvalue weighted by Gasteiger charge is -2.30. The molecule has 0 spiro atoms. The minimum absolute atomic E-state index is 0.0109. The van der Waals surface area contributed by atoms with Crippen LogP contribution in [0.15, 0.2) is 36.4 Å². The Kier molecular flexibility index (Phi) is 5.12. The number of halogens is 1. The number of allylic oxidation sites excluding steroid dienone is 2. The monoisotopic (exact) mass is 291 g/mol. The third-order valence-corrected chi connectivity index (χ3v) is 4.13. The Morgan fingerprint density at radius 1 is 1.43 bits per heavy atom. The summed E-state index contributed by atoms with van der Waals surface area (Å²) in [6.45, 7) is 2.04. The first-order chi connectivity index (χ1) is 10.1. The lowest BCUT2D eigenvalue weighted by molar-refractivity contribution is -0.126. The van der Waals surface area contributed by atoms with E-state index in [9.17, 15) is 9.18 Å². The van der Waals surface area contributed by atoms with E-state index in [4.69, 9.17) is 4.74 Å². The molecule has 1 amide bonds. The number of nitrogens with one attached hydrogen (secondary N) is 1. The highest BCUT2D eigenvalue weighted by Gasteiger charge is 2.30. The zero-order chi connectivity index (χ0) is 15.3. The van der Waals surface area contributed by atoms with E-state index in [1.807, 2.05) is 6.08 Å². The maximum atomic E-state index is 13.9. The summed E-state index contributed by atoms with van der Waals surface area (Å²) in [5.74, 6) is -0.299. The maximum Gasteiger partial charge on any atom is 0.223 e. The van der Waals surface area contributed by atoms with Gasteiger partial charge in [0.15, 0.2) is 0 Å². The van der Waals surface area contributed by atoms with Gasteiger partial charge in [-0.25, -0.2) is 4.39 Å². The molecule has 2 atom stereocenters. The van der Waals surface area contributed by atoms with E-state index in [0.717, 1.165) is 19.3 Å². The Morgan fingerprint density at radius 2 is 2.19 bits per heavy atom. The van der Waals surface area contributed by atoms with Crippen molar-refractivity contribution in [2.45, 2.75) is 31.8 Å². The SMILES string of the molecule is CO[C@@](C)(CNC(=O)[C@H]1CC=CCC1)c1ccccc1F. The number of amides is 1. The summed E-state index contributed by atoms with van der Waals surface area (Å²) in [4.78, 5) is 12.2. The van der Waals surface area contributed by atoms with Crippen LogP contribution in [-0.4, -0.2) is 19.6 Å². The first-order valence-electron chi connectivity index (χ1n) is 7.29. The maximum absolute atomic E-state index is 13.9. The number of carbonyl (C=O) groups excluding carboxylic acids is 1. The van der Waals surface area contributed by atoms with E-state index in [1.165, 1.54) is 13.2 Å². The molecule has 0 fully saturated rings. The van der Waals surface area contributed by atoms with Crippen LogP contribution in [0.3, 0.4) is 0 Å². The molecular weight excluding hydrogens is 269 g/mol. The zero-order valence-electron chi connectivity index (χ0n) is 12.6.